The molecule has 2 rings (SSSR count). The van der Waals surface area contributed by atoms with Gasteiger partial charge in [0.2, 0.25) is 0 Å². The maximum atomic E-state index is 11.3. The summed E-state index contributed by atoms with van der Waals surface area (Å²) in [6.07, 6.45) is 2.26. The number of nitro groups is 1. The predicted octanol–water partition coefficient (Wildman–Crippen LogP) is 4.58. The van der Waals surface area contributed by atoms with Crippen LogP contribution in [-0.2, 0) is 5.41 Å². The van der Waals surface area contributed by atoms with Gasteiger partial charge in [-0.15, -0.1) is 0 Å². The van der Waals surface area contributed by atoms with Crippen LogP contribution in [0, 0.1) is 10.1 Å². The van der Waals surface area contributed by atoms with E-state index in [1.807, 2.05) is 26.8 Å². The van der Waals surface area contributed by atoms with Crippen LogP contribution in [0.4, 0.5) is 11.4 Å². The molecule has 1 aromatic carbocycles. The lowest BCUT2D eigenvalue weighted by Gasteiger charge is -2.21. The number of hydrogen-bond donors (Lipinski definition) is 1. The first kappa shape index (κ1) is 15.8. The van der Waals surface area contributed by atoms with E-state index in [9.17, 15) is 10.1 Å². The molecule has 5 heteroatoms. The van der Waals surface area contributed by atoms with Gasteiger partial charge in [-0.3, -0.25) is 10.1 Å². The van der Waals surface area contributed by atoms with Crippen LogP contribution in [0.1, 0.15) is 31.9 Å². The van der Waals surface area contributed by atoms with Crippen molar-refractivity contribution in [3.8, 4) is 0 Å². The lowest BCUT2D eigenvalue weighted by atomic mass is 9.84. The highest BCUT2D eigenvalue weighted by molar-refractivity contribution is 6.81. The summed E-state index contributed by atoms with van der Waals surface area (Å²) in [5.74, 6) is 0. The van der Waals surface area contributed by atoms with E-state index in [0.29, 0.717) is 11.2 Å². The molecular weight excluding hydrogens is 280 g/mol. The molecule has 0 spiro atoms. The Morgan fingerprint density at radius 3 is 2.19 bits per heavy atom. The standard InChI is InChI=1S/C16H24N2O2Si/c1-16(2,3)12-7-10(11-8-15(11)21(4,5)6)13(17)9-14(12)18(19)20/h7-9,15H,17H2,1-6H3. The third-order valence-corrected chi connectivity index (χ3v) is 6.33. The van der Waals surface area contributed by atoms with Crippen molar-refractivity contribution in [1.82, 2.24) is 0 Å². The molecular formula is C16H24N2O2Si. The fourth-order valence-corrected chi connectivity index (χ4v) is 4.48. The van der Waals surface area contributed by atoms with E-state index >= 15 is 0 Å². The van der Waals surface area contributed by atoms with Gasteiger partial charge < -0.3 is 5.73 Å². The quantitative estimate of drug-likeness (QED) is 0.384. The molecule has 21 heavy (non-hydrogen) atoms. The molecule has 0 amide bonds. The molecule has 0 saturated heterocycles. The van der Waals surface area contributed by atoms with Crippen molar-refractivity contribution in [1.29, 1.82) is 0 Å². The maximum Gasteiger partial charge on any atom is 0.275 e. The van der Waals surface area contributed by atoms with Crippen molar-refractivity contribution in [2.45, 2.75) is 51.4 Å². The summed E-state index contributed by atoms with van der Waals surface area (Å²) < 4.78 is 0. The van der Waals surface area contributed by atoms with Gasteiger partial charge in [0.25, 0.3) is 5.69 Å². The van der Waals surface area contributed by atoms with Gasteiger partial charge in [0.15, 0.2) is 0 Å². The van der Waals surface area contributed by atoms with Gasteiger partial charge in [0.05, 0.1) is 13.0 Å². The Bertz CT molecular complexity index is 637. The molecule has 0 bridgehead atoms. The van der Waals surface area contributed by atoms with Crippen molar-refractivity contribution in [3.63, 3.8) is 0 Å². The molecule has 1 aromatic rings. The van der Waals surface area contributed by atoms with Crippen LogP contribution in [-0.4, -0.2) is 13.0 Å². The maximum absolute atomic E-state index is 11.3. The normalized spacial score (nSPS) is 18.4. The SMILES string of the molecule is CC(C)(C)c1cc(C2=CC2[Si](C)(C)C)c(N)cc1[N+](=O)[O-]. The fraction of sp³-hybridized carbons (Fsp3) is 0.500. The van der Waals surface area contributed by atoms with Crippen molar-refractivity contribution in [2.75, 3.05) is 5.73 Å². The molecule has 1 aliphatic rings. The van der Waals surface area contributed by atoms with Crippen LogP contribution < -0.4 is 5.73 Å². The van der Waals surface area contributed by atoms with Crippen LogP contribution in [0.25, 0.3) is 5.57 Å². The van der Waals surface area contributed by atoms with E-state index in [4.69, 9.17) is 5.73 Å². The van der Waals surface area contributed by atoms with E-state index in [-0.39, 0.29) is 16.0 Å². The second-order valence-corrected chi connectivity index (χ2v) is 13.3. The number of nitrogen functional groups attached to an aromatic ring is 1. The van der Waals surface area contributed by atoms with E-state index in [1.165, 1.54) is 11.6 Å². The molecule has 0 heterocycles. The monoisotopic (exact) mass is 304 g/mol. The summed E-state index contributed by atoms with van der Waals surface area (Å²) in [5.41, 5.74) is 9.98. The molecule has 0 radical (unpaired) electrons. The summed E-state index contributed by atoms with van der Waals surface area (Å²) in [5, 5.41) is 11.3. The Morgan fingerprint density at radius 2 is 1.81 bits per heavy atom. The molecule has 0 aromatic heterocycles. The Hall–Kier alpha value is -1.62. The number of rotatable bonds is 3. The zero-order valence-corrected chi connectivity index (χ0v) is 14.7. The highest BCUT2D eigenvalue weighted by Gasteiger charge is 2.39. The first-order valence-electron chi connectivity index (χ1n) is 7.23. The highest BCUT2D eigenvalue weighted by atomic mass is 28.3. The number of allylic oxidation sites excluding steroid dienone is 2. The molecule has 4 nitrogen and oxygen atoms in total. The van der Waals surface area contributed by atoms with Gasteiger partial charge in [-0.1, -0.05) is 46.5 Å². The molecule has 0 fully saturated rings. The minimum atomic E-state index is -1.27. The minimum absolute atomic E-state index is 0.120. The number of hydrogen-bond acceptors (Lipinski definition) is 3. The summed E-state index contributed by atoms with van der Waals surface area (Å²) in [4.78, 5) is 10.9. The Kier molecular flexibility index (Phi) is 3.52. The lowest BCUT2D eigenvalue weighted by molar-refractivity contribution is -0.385. The summed E-state index contributed by atoms with van der Waals surface area (Å²) >= 11 is 0. The van der Waals surface area contributed by atoms with Crippen molar-refractivity contribution in [2.24, 2.45) is 0 Å². The second kappa shape index (κ2) is 4.70. The van der Waals surface area contributed by atoms with Crippen LogP contribution in [0.2, 0.25) is 25.2 Å². The fourth-order valence-electron chi connectivity index (χ4n) is 2.71. The van der Waals surface area contributed by atoms with Gasteiger partial charge in [-0.05, 0) is 22.6 Å². The lowest BCUT2D eigenvalue weighted by Crippen LogP contribution is -2.21. The van der Waals surface area contributed by atoms with Gasteiger partial charge >= 0.3 is 0 Å². The predicted molar refractivity (Wildman–Crippen MR) is 91.3 cm³/mol. The second-order valence-electron chi connectivity index (χ2n) is 7.93. The molecule has 0 aliphatic heterocycles. The van der Waals surface area contributed by atoms with Gasteiger partial charge in [-0.25, -0.2) is 0 Å². The molecule has 2 N–H and O–H groups in total. The molecule has 1 unspecified atom stereocenters. The zero-order valence-electron chi connectivity index (χ0n) is 13.7. The summed E-state index contributed by atoms with van der Waals surface area (Å²) in [7, 11) is -1.27. The van der Waals surface area contributed by atoms with Crippen LogP contribution in [0.15, 0.2) is 18.2 Å². The van der Waals surface area contributed by atoms with Gasteiger partial charge in [0.1, 0.15) is 0 Å². The molecule has 1 atom stereocenters. The number of anilines is 1. The van der Waals surface area contributed by atoms with E-state index in [2.05, 4.69) is 25.7 Å². The average Bonchev–Trinajstić information content (AvgIpc) is 3.06. The largest absolute Gasteiger partial charge is 0.398 e. The van der Waals surface area contributed by atoms with E-state index in [0.717, 1.165) is 11.1 Å². The number of nitro benzene ring substituents is 1. The number of nitrogens with two attached hydrogens (primary N) is 1. The van der Waals surface area contributed by atoms with Crippen molar-refractivity contribution in [3.05, 3.63) is 39.4 Å². The average molecular weight is 304 g/mol. The number of nitrogens with zero attached hydrogens (tertiary/aromatic N) is 1. The molecule has 1 aliphatic carbocycles. The van der Waals surface area contributed by atoms with Crippen LogP contribution in [0.5, 0.6) is 0 Å². The van der Waals surface area contributed by atoms with Crippen LogP contribution >= 0.6 is 0 Å². The number of benzene rings is 1. The zero-order chi connectivity index (χ0) is 16.2. The minimum Gasteiger partial charge on any atom is -0.398 e. The third kappa shape index (κ3) is 3.02. The van der Waals surface area contributed by atoms with Gasteiger partial charge in [0, 0.05) is 22.9 Å². The Balaban J connectivity index is 2.51. The van der Waals surface area contributed by atoms with Crippen LogP contribution in [0.3, 0.4) is 0 Å². The van der Waals surface area contributed by atoms with E-state index < -0.39 is 8.07 Å². The first-order chi connectivity index (χ1) is 9.43. The highest BCUT2D eigenvalue weighted by Crippen LogP contribution is 2.52. The van der Waals surface area contributed by atoms with Gasteiger partial charge in [-0.2, -0.15) is 0 Å². The van der Waals surface area contributed by atoms with Crippen molar-refractivity contribution < 1.29 is 4.92 Å². The first-order valence-corrected chi connectivity index (χ1v) is 10.8. The molecule has 0 saturated carbocycles. The Labute approximate surface area is 127 Å². The summed E-state index contributed by atoms with van der Waals surface area (Å²) in [6, 6.07) is 3.45. The topological polar surface area (TPSA) is 69.2 Å². The Morgan fingerprint density at radius 1 is 1.24 bits per heavy atom. The van der Waals surface area contributed by atoms with E-state index in [1.54, 1.807) is 0 Å². The van der Waals surface area contributed by atoms with Crippen molar-refractivity contribution >= 4 is 25.0 Å². The third-order valence-electron chi connectivity index (χ3n) is 3.99. The molecule has 114 valence electrons. The smallest absolute Gasteiger partial charge is 0.275 e. The summed E-state index contributed by atoms with van der Waals surface area (Å²) in [6.45, 7) is 13.0.